The van der Waals surface area contributed by atoms with Crippen molar-refractivity contribution < 1.29 is 9.13 Å². The Morgan fingerprint density at radius 2 is 1.66 bits per heavy atom. The molecule has 3 aliphatic carbocycles. The van der Waals surface area contributed by atoms with Crippen LogP contribution in [0.4, 0.5) is 4.39 Å². The van der Waals surface area contributed by atoms with Crippen LogP contribution >= 0.6 is 0 Å². The number of rotatable bonds is 10. The number of halogens is 1. The van der Waals surface area contributed by atoms with E-state index in [2.05, 4.69) is 19.9 Å². The zero-order chi connectivity index (χ0) is 22.3. The van der Waals surface area contributed by atoms with Crippen LogP contribution in [0.15, 0.2) is 12.1 Å². The van der Waals surface area contributed by atoms with Crippen molar-refractivity contribution in [2.24, 2.45) is 17.8 Å². The van der Waals surface area contributed by atoms with E-state index in [1.807, 2.05) is 6.07 Å². The third-order valence-electron chi connectivity index (χ3n) is 8.98. The number of hydrogen-bond donors (Lipinski definition) is 0. The zero-order valence-corrected chi connectivity index (χ0v) is 20.8. The minimum Gasteiger partial charge on any atom is -0.378 e. The van der Waals surface area contributed by atoms with Crippen LogP contribution in [-0.4, -0.2) is 12.7 Å². The fourth-order valence-corrected chi connectivity index (χ4v) is 6.99. The molecular formula is C30H47FO. The van der Waals surface area contributed by atoms with E-state index in [1.54, 1.807) is 0 Å². The summed E-state index contributed by atoms with van der Waals surface area (Å²) in [5, 5.41) is 0. The number of hydrogen-bond acceptors (Lipinski definition) is 1. The molecule has 2 saturated carbocycles. The van der Waals surface area contributed by atoms with Crippen LogP contribution in [0.5, 0.6) is 0 Å². The third kappa shape index (κ3) is 6.16. The first-order valence-electron chi connectivity index (χ1n) is 14.1. The molecule has 2 heteroatoms. The Hall–Kier alpha value is -0.890. The maximum Gasteiger partial charge on any atom is 0.126 e. The van der Waals surface area contributed by atoms with E-state index in [9.17, 15) is 0 Å². The van der Waals surface area contributed by atoms with Gasteiger partial charge < -0.3 is 4.74 Å². The molecule has 0 N–H and O–H groups in total. The van der Waals surface area contributed by atoms with Crippen molar-refractivity contribution in [2.75, 3.05) is 6.61 Å². The highest BCUT2D eigenvalue weighted by Gasteiger charge is 2.36. The molecule has 0 saturated heterocycles. The van der Waals surface area contributed by atoms with Gasteiger partial charge in [-0.3, -0.25) is 0 Å². The number of benzene rings is 1. The van der Waals surface area contributed by atoms with Gasteiger partial charge in [-0.1, -0.05) is 58.4 Å². The minimum absolute atomic E-state index is 0.101. The van der Waals surface area contributed by atoms with E-state index in [4.69, 9.17) is 4.74 Å². The Bertz CT molecular complexity index is 713. The molecule has 2 fully saturated rings. The first kappa shape index (κ1) is 24.2. The molecule has 0 radical (unpaired) electrons. The Morgan fingerprint density at radius 1 is 0.875 bits per heavy atom. The van der Waals surface area contributed by atoms with Gasteiger partial charge in [0.15, 0.2) is 0 Å². The molecule has 180 valence electrons. The van der Waals surface area contributed by atoms with Gasteiger partial charge in [0.2, 0.25) is 0 Å². The lowest BCUT2D eigenvalue weighted by atomic mass is 9.65. The molecule has 1 aromatic rings. The lowest BCUT2D eigenvalue weighted by Gasteiger charge is -2.42. The normalized spacial score (nSPS) is 30.0. The molecule has 0 amide bonds. The number of unbranched alkanes of at least 4 members (excludes halogenated alkanes) is 4. The fourth-order valence-electron chi connectivity index (χ4n) is 6.99. The molecule has 1 aromatic carbocycles. The summed E-state index contributed by atoms with van der Waals surface area (Å²) in [6.45, 7) is 5.47. The van der Waals surface area contributed by atoms with Crippen LogP contribution in [0.3, 0.4) is 0 Å². The predicted molar refractivity (Wildman–Crippen MR) is 133 cm³/mol. The monoisotopic (exact) mass is 442 g/mol. The molecule has 0 heterocycles. The van der Waals surface area contributed by atoms with Crippen LogP contribution in [-0.2, 0) is 17.6 Å². The number of aryl methyl sites for hydroxylation is 1. The van der Waals surface area contributed by atoms with Crippen LogP contribution in [0, 0.1) is 23.6 Å². The van der Waals surface area contributed by atoms with Crippen molar-refractivity contribution in [1.29, 1.82) is 0 Å². The number of fused-ring (bicyclic) bond motifs is 2. The van der Waals surface area contributed by atoms with Crippen molar-refractivity contribution in [3.8, 4) is 0 Å². The minimum atomic E-state index is 0.101. The Kier molecular flexibility index (Phi) is 9.09. The molecule has 5 atom stereocenters. The van der Waals surface area contributed by atoms with Crippen LogP contribution < -0.4 is 0 Å². The Labute approximate surface area is 196 Å². The third-order valence-corrected chi connectivity index (χ3v) is 8.98. The van der Waals surface area contributed by atoms with Gasteiger partial charge in [0.1, 0.15) is 5.82 Å². The summed E-state index contributed by atoms with van der Waals surface area (Å²) in [5.41, 5.74) is 3.69. The largest absolute Gasteiger partial charge is 0.378 e. The topological polar surface area (TPSA) is 9.23 Å². The van der Waals surface area contributed by atoms with Gasteiger partial charge in [-0.05, 0) is 111 Å². The average molecular weight is 443 g/mol. The van der Waals surface area contributed by atoms with Crippen molar-refractivity contribution >= 4 is 0 Å². The summed E-state index contributed by atoms with van der Waals surface area (Å²) in [5.74, 6) is 3.03. The summed E-state index contributed by atoms with van der Waals surface area (Å²) in [4.78, 5) is 0. The molecule has 0 aromatic heterocycles. The lowest BCUT2D eigenvalue weighted by Crippen LogP contribution is -2.34. The second kappa shape index (κ2) is 12.0. The van der Waals surface area contributed by atoms with Gasteiger partial charge in [-0.2, -0.15) is 0 Å². The molecule has 0 spiro atoms. The van der Waals surface area contributed by atoms with Gasteiger partial charge in [0.05, 0.1) is 6.10 Å². The average Bonchev–Trinajstić information content (AvgIpc) is 2.82. The van der Waals surface area contributed by atoms with Gasteiger partial charge in [0.25, 0.3) is 0 Å². The van der Waals surface area contributed by atoms with E-state index >= 15 is 4.39 Å². The fraction of sp³-hybridized carbons (Fsp3) is 0.800. The van der Waals surface area contributed by atoms with E-state index in [0.717, 1.165) is 36.8 Å². The molecular weight excluding hydrogens is 395 g/mol. The predicted octanol–water partition coefficient (Wildman–Crippen LogP) is 8.77. The standard InChI is InChI=1S/C30H47FO/c1-3-5-7-9-22-10-11-26-19-27(21-30(31)29(26)17-22)24-12-13-25-20-28(15-14-23(25)18-24)32-16-8-6-4-2/h19,21-25,28H,3-18,20H2,1-2H3. The van der Waals surface area contributed by atoms with Crippen LogP contribution in [0.25, 0.3) is 0 Å². The van der Waals surface area contributed by atoms with Crippen molar-refractivity contribution in [1.82, 2.24) is 0 Å². The first-order valence-corrected chi connectivity index (χ1v) is 14.1. The van der Waals surface area contributed by atoms with Gasteiger partial charge >= 0.3 is 0 Å². The molecule has 3 aliphatic rings. The van der Waals surface area contributed by atoms with E-state index < -0.39 is 0 Å². The maximum atomic E-state index is 15.2. The molecule has 32 heavy (non-hydrogen) atoms. The smallest absolute Gasteiger partial charge is 0.126 e. The zero-order valence-electron chi connectivity index (χ0n) is 20.8. The molecule has 0 bridgehead atoms. The SMILES string of the molecule is CCCCCOC1CCC2CC(c3cc(F)c4c(c3)CCC(CCCCC)C4)CCC2C1. The highest BCUT2D eigenvalue weighted by atomic mass is 19.1. The van der Waals surface area contributed by atoms with E-state index in [-0.39, 0.29) is 5.82 Å². The number of ether oxygens (including phenoxy) is 1. The van der Waals surface area contributed by atoms with Crippen molar-refractivity contribution in [3.05, 3.63) is 34.6 Å². The summed E-state index contributed by atoms with van der Waals surface area (Å²) in [6.07, 6.45) is 20.4. The molecule has 5 unspecified atom stereocenters. The molecule has 4 rings (SSSR count). The van der Waals surface area contributed by atoms with Crippen molar-refractivity contribution in [2.45, 2.75) is 129 Å². The maximum absolute atomic E-state index is 15.2. The summed E-state index contributed by atoms with van der Waals surface area (Å²) in [6, 6.07) is 4.34. The van der Waals surface area contributed by atoms with Crippen LogP contribution in [0.1, 0.15) is 126 Å². The highest BCUT2D eigenvalue weighted by molar-refractivity contribution is 5.37. The summed E-state index contributed by atoms with van der Waals surface area (Å²) in [7, 11) is 0. The quantitative estimate of drug-likeness (QED) is 0.329. The van der Waals surface area contributed by atoms with Gasteiger partial charge in [-0.25, -0.2) is 4.39 Å². The van der Waals surface area contributed by atoms with Gasteiger partial charge in [-0.15, -0.1) is 0 Å². The van der Waals surface area contributed by atoms with Gasteiger partial charge in [0, 0.05) is 6.61 Å². The van der Waals surface area contributed by atoms with Crippen molar-refractivity contribution in [3.63, 3.8) is 0 Å². The summed E-state index contributed by atoms with van der Waals surface area (Å²) >= 11 is 0. The summed E-state index contributed by atoms with van der Waals surface area (Å²) < 4.78 is 21.4. The highest BCUT2D eigenvalue weighted by Crippen LogP contribution is 2.47. The lowest BCUT2D eigenvalue weighted by molar-refractivity contribution is -0.0162. The first-order chi connectivity index (χ1) is 15.7. The van der Waals surface area contributed by atoms with E-state index in [0.29, 0.717) is 17.9 Å². The van der Waals surface area contributed by atoms with Crippen LogP contribution in [0.2, 0.25) is 0 Å². The molecule has 0 aliphatic heterocycles. The molecule has 1 nitrogen and oxygen atoms in total. The second-order valence-electron chi connectivity index (χ2n) is 11.3. The van der Waals surface area contributed by atoms with E-state index in [1.165, 1.54) is 101 Å². The second-order valence-corrected chi connectivity index (χ2v) is 11.3. The Balaban J connectivity index is 1.31. The Morgan fingerprint density at radius 3 is 2.50 bits per heavy atom.